The number of benzene rings is 2. The molecule has 0 aromatic heterocycles. The fourth-order valence-corrected chi connectivity index (χ4v) is 4.02. The summed E-state index contributed by atoms with van der Waals surface area (Å²) in [5, 5.41) is 3.08. The molecule has 6 nitrogen and oxygen atoms in total. The smallest absolute Gasteiger partial charge is 0.321 e. The molecule has 2 aliphatic rings. The number of nitrogens with one attached hydrogen (secondary N) is 1. The molecule has 4 rings (SSSR count). The van der Waals surface area contributed by atoms with Crippen LogP contribution in [0.15, 0.2) is 42.5 Å². The highest BCUT2D eigenvalue weighted by atomic mass is 16.5. The second-order valence-corrected chi connectivity index (χ2v) is 7.81. The van der Waals surface area contributed by atoms with Crippen molar-refractivity contribution in [2.24, 2.45) is 0 Å². The van der Waals surface area contributed by atoms with Gasteiger partial charge in [-0.2, -0.15) is 0 Å². The number of rotatable bonds is 3. The van der Waals surface area contributed by atoms with Crippen LogP contribution in [0.3, 0.4) is 0 Å². The van der Waals surface area contributed by atoms with Gasteiger partial charge < -0.3 is 24.8 Å². The number of amides is 2. The highest BCUT2D eigenvalue weighted by Gasteiger charge is 2.24. The van der Waals surface area contributed by atoms with E-state index in [0.717, 1.165) is 56.2 Å². The van der Waals surface area contributed by atoms with E-state index < -0.39 is 0 Å². The summed E-state index contributed by atoms with van der Waals surface area (Å²) in [5.74, 6) is 0. The largest absolute Gasteiger partial charge is 0.378 e. The number of para-hydroxylation sites is 2. The summed E-state index contributed by atoms with van der Waals surface area (Å²) in [7, 11) is 0. The zero-order valence-electron chi connectivity index (χ0n) is 17.4. The van der Waals surface area contributed by atoms with Crippen LogP contribution in [0, 0.1) is 13.8 Å². The minimum absolute atomic E-state index is 0.0141. The van der Waals surface area contributed by atoms with E-state index in [1.807, 2.05) is 30.9 Å². The van der Waals surface area contributed by atoms with E-state index in [2.05, 4.69) is 45.4 Å². The van der Waals surface area contributed by atoms with Gasteiger partial charge in [-0.1, -0.05) is 24.3 Å². The molecule has 2 aromatic rings. The van der Waals surface area contributed by atoms with E-state index in [0.29, 0.717) is 13.1 Å². The molecule has 2 amide bonds. The van der Waals surface area contributed by atoms with Crippen LogP contribution in [0.5, 0.6) is 0 Å². The molecule has 29 heavy (non-hydrogen) atoms. The monoisotopic (exact) mass is 394 g/mol. The van der Waals surface area contributed by atoms with Crippen LogP contribution in [-0.4, -0.2) is 63.4 Å². The molecule has 6 heteroatoms. The van der Waals surface area contributed by atoms with Crippen molar-refractivity contribution in [3.05, 3.63) is 53.6 Å². The molecule has 2 saturated heterocycles. The zero-order chi connectivity index (χ0) is 20.2. The van der Waals surface area contributed by atoms with Crippen molar-refractivity contribution >= 4 is 23.1 Å². The van der Waals surface area contributed by atoms with Gasteiger partial charge >= 0.3 is 6.03 Å². The normalized spacial score (nSPS) is 17.4. The zero-order valence-corrected chi connectivity index (χ0v) is 17.4. The van der Waals surface area contributed by atoms with Crippen molar-refractivity contribution in [3.8, 4) is 0 Å². The molecular formula is C23H30N4O2. The number of anilines is 3. The molecule has 154 valence electrons. The van der Waals surface area contributed by atoms with Crippen molar-refractivity contribution in [3.63, 3.8) is 0 Å². The van der Waals surface area contributed by atoms with E-state index in [4.69, 9.17) is 4.74 Å². The Morgan fingerprint density at radius 3 is 2.14 bits per heavy atom. The van der Waals surface area contributed by atoms with Crippen LogP contribution in [0.2, 0.25) is 0 Å². The molecule has 0 aliphatic carbocycles. The van der Waals surface area contributed by atoms with E-state index in [-0.39, 0.29) is 6.03 Å². The molecule has 2 aromatic carbocycles. The van der Waals surface area contributed by atoms with Crippen molar-refractivity contribution in [2.45, 2.75) is 13.8 Å². The summed E-state index contributed by atoms with van der Waals surface area (Å²) in [5.41, 5.74) is 5.65. The minimum atomic E-state index is -0.0141. The molecule has 1 N–H and O–H groups in total. The number of carbonyl (C=O) groups excluding carboxylic acids is 1. The maximum absolute atomic E-state index is 12.8. The Morgan fingerprint density at radius 2 is 1.48 bits per heavy atom. The molecule has 0 atom stereocenters. The van der Waals surface area contributed by atoms with Gasteiger partial charge in [0, 0.05) is 45.0 Å². The quantitative estimate of drug-likeness (QED) is 0.866. The number of nitrogens with zero attached hydrogens (tertiary/aromatic N) is 3. The van der Waals surface area contributed by atoms with Gasteiger partial charge in [0.1, 0.15) is 0 Å². The van der Waals surface area contributed by atoms with Crippen LogP contribution < -0.4 is 15.1 Å². The molecule has 0 saturated carbocycles. The summed E-state index contributed by atoms with van der Waals surface area (Å²) in [4.78, 5) is 19.5. The number of hydrogen-bond donors (Lipinski definition) is 1. The third-order valence-corrected chi connectivity index (χ3v) is 5.78. The van der Waals surface area contributed by atoms with Gasteiger partial charge in [0.05, 0.1) is 24.6 Å². The lowest BCUT2D eigenvalue weighted by molar-refractivity contribution is 0.122. The summed E-state index contributed by atoms with van der Waals surface area (Å²) < 4.78 is 5.51. The van der Waals surface area contributed by atoms with Crippen LogP contribution in [0.25, 0.3) is 0 Å². The summed E-state index contributed by atoms with van der Waals surface area (Å²) >= 11 is 0. The topological polar surface area (TPSA) is 48.1 Å². The third-order valence-electron chi connectivity index (χ3n) is 5.78. The minimum Gasteiger partial charge on any atom is -0.378 e. The van der Waals surface area contributed by atoms with Crippen LogP contribution >= 0.6 is 0 Å². The molecule has 2 heterocycles. The standard InChI is InChI=1S/C23H30N4O2/c1-18-7-8-19(2)20(17-18)24-23(28)27-11-9-25(10-12-27)21-5-3-4-6-22(21)26-13-15-29-16-14-26/h3-8,17H,9-16H2,1-2H3,(H,24,28). The SMILES string of the molecule is Cc1ccc(C)c(NC(=O)N2CCN(c3ccccc3N3CCOCC3)CC2)c1. The van der Waals surface area contributed by atoms with Crippen LogP contribution in [0.4, 0.5) is 21.9 Å². The van der Waals surface area contributed by atoms with Gasteiger partial charge in [-0.05, 0) is 43.2 Å². The van der Waals surface area contributed by atoms with Crippen molar-refractivity contribution in [1.82, 2.24) is 4.90 Å². The molecule has 0 unspecified atom stereocenters. The number of aryl methyl sites for hydroxylation is 2. The van der Waals surface area contributed by atoms with Gasteiger partial charge in [-0.3, -0.25) is 0 Å². The number of carbonyl (C=O) groups is 1. The maximum Gasteiger partial charge on any atom is 0.321 e. The summed E-state index contributed by atoms with van der Waals surface area (Å²) in [6.45, 7) is 10.6. The molecule has 2 fully saturated rings. The Balaban J connectivity index is 1.39. The fraction of sp³-hybridized carbons (Fsp3) is 0.435. The fourth-order valence-electron chi connectivity index (χ4n) is 4.02. The Labute approximate surface area is 173 Å². The maximum atomic E-state index is 12.8. The average molecular weight is 395 g/mol. The number of urea groups is 1. The Morgan fingerprint density at radius 1 is 0.862 bits per heavy atom. The number of ether oxygens (including phenoxy) is 1. The van der Waals surface area contributed by atoms with E-state index in [9.17, 15) is 4.79 Å². The highest BCUT2D eigenvalue weighted by Crippen LogP contribution is 2.30. The Kier molecular flexibility index (Phi) is 5.90. The third kappa shape index (κ3) is 4.48. The molecular weight excluding hydrogens is 364 g/mol. The van der Waals surface area contributed by atoms with Gasteiger partial charge in [0.15, 0.2) is 0 Å². The first-order chi connectivity index (χ1) is 14.1. The molecule has 0 bridgehead atoms. The lowest BCUT2D eigenvalue weighted by atomic mass is 10.1. The Hall–Kier alpha value is -2.73. The summed E-state index contributed by atoms with van der Waals surface area (Å²) in [6.07, 6.45) is 0. The van der Waals surface area contributed by atoms with Gasteiger partial charge in [-0.15, -0.1) is 0 Å². The van der Waals surface area contributed by atoms with Crippen molar-refractivity contribution < 1.29 is 9.53 Å². The summed E-state index contributed by atoms with van der Waals surface area (Å²) in [6, 6.07) is 14.7. The molecule has 0 radical (unpaired) electrons. The van der Waals surface area contributed by atoms with E-state index >= 15 is 0 Å². The Bertz CT molecular complexity index is 856. The first-order valence-corrected chi connectivity index (χ1v) is 10.4. The lowest BCUT2D eigenvalue weighted by Gasteiger charge is -2.39. The predicted molar refractivity (Wildman–Crippen MR) is 118 cm³/mol. The van der Waals surface area contributed by atoms with Gasteiger partial charge in [0.25, 0.3) is 0 Å². The molecule has 2 aliphatic heterocycles. The lowest BCUT2D eigenvalue weighted by Crippen LogP contribution is -2.50. The second kappa shape index (κ2) is 8.74. The van der Waals surface area contributed by atoms with Gasteiger partial charge in [0.2, 0.25) is 0 Å². The predicted octanol–water partition coefficient (Wildman–Crippen LogP) is 3.49. The van der Waals surface area contributed by atoms with Crippen LogP contribution in [0.1, 0.15) is 11.1 Å². The van der Waals surface area contributed by atoms with E-state index in [1.165, 1.54) is 11.4 Å². The first kappa shape index (κ1) is 19.6. The van der Waals surface area contributed by atoms with Crippen molar-refractivity contribution in [1.29, 1.82) is 0 Å². The van der Waals surface area contributed by atoms with E-state index in [1.54, 1.807) is 0 Å². The molecule has 0 spiro atoms. The number of hydrogen-bond acceptors (Lipinski definition) is 4. The van der Waals surface area contributed by atoms with Crippen molar-refractivity contribution in [2.75, 3.05) is 67.6 Å². The van der Waals surface area contributed by atoms with Gasteiger partial charge in [-0.25, -0.2) is 4.79 Å². The first-order valence-electron chi connectivity index (χ1n) is 10.4. The number of morpholine rings is 1. The number of piperazine rings is 1. The highest BCUT2D eigenvalue weighted by molar-refractivity contribution is 5.90. The average Bonchev–Trinajstić information content (AvgIpc) is 2.77. The van der Waals surface area contributed by atoms with Crippen LogP contribution in [-0.2, 0) is 4.74 Å². The second-order valence-electron chi connectivity index (χ2n) is 7.81.